The Bertz CT molecular complexity index is 1990. The van der Waals surface area contributed by atoms with Gasteiger partial charge in [-0.05, 0) is 66.7 Å². The molecule has 6 rings (SSSR count). The van der Waals surface area contributed by atoms with Gasteiger partial charge in [0.25, 0.3) is 0 Å². The molecular formula is C41H52N8O6. The maximum atomic E-state index is 13.7. The number of hydrogen-bond donors (Lipinski definition) is 4. The number of amides is 4. The number of alkyl carbamates (subject to hydrolysis) is 2. The van der Waals surface area contributed by atoms with Gasteiger partial charge < -0.3 is 39.9 Å². The molecule has 2 fully saturated rings. The summed E-state index contributed by atoms with van der Waals surface area (Å²) in [6.07, 6.45) is 5.55. The molecule has 0 spiro atoms. The second kappa shape index (κ2) is 16.4. The fourth-order valence-electron chi connectivity index (χ4n) is 7.70. The summed E-state index contributed by atoms with van der Waals surface area (Å²) in [5.41, 5.74) is 5.11. The predicted molar refractivity (Wildman–Crippen MR) is 207 cm³/mol. The van der Waals surface area contributed by atoms with Crippen LogP contribution in [0, 0.1) is 11.8 Å². The Hall–Kier alpha value is -5.66. The first-order valence-electron chi connectivity index (χ1n) is 19.0. The van der Waals surface area contributed by atoms with E-state index in [0.29, 0.717) is 18.9 Å². The molecule has 4 aromatic rings. The van der Waals surface area contributed by atoms with E-state index in [1.165, 1.54) is 14.2 Å². The Balaban J connectivity index is 1.12. The number of aromatic nitrogens is 4. The minimum atomic E-state index is -0.708. The second-order valence-electron chi connectivity index (χ2n) is 15.3. The number of imidazole rings is 2. The van der Waals surface area contributed by atoms with Gasteiger partial charge in [0, 0.05) is 13.1 Å². The highest BCUT2D eigenvalue weighted by Crippen LogP contribution is 2.39. The molecule has 2 aromatic carbocycles. The summed E-state index contributed by atoms with van der Waals surface area (Å²) in [6, 6.07) is 14.9. The summed E-state index contributed by atoms with van der Waals surface area (Å²) in [5, 5.41) is 5.40. The van der Waals surface area contributed by atoms with Crippen LogP contribution in [0.2, 0.25) is 0 Å². The zero-order valence-corrected chi connectivity index (χ0v) is 32.6. The van der Waals surface area contributed by atoms with E-state index in [0.717, 1.165) is 65.1 Å². The first-order chi connectivity index (χ1) is 26.3. The number of ether oxygens (including phenoxy) is 2. The smallest absolute Gasteiger partial charge is 0.407 e. The van der Waals surface area contributed by atoms with Gasteiger partial charge in [0.1, 0.15) is 23.7 Å². The molecule has 292 valence electrons. The number of carbonyl (C=O) groups excluding carboxylic acids is 4. The predicted octanol–water partition coefficient (Wildman–Crippen LogP) is 6.40. The van der Waals surface area contributed by atoms with Crippen LogP contribution >= 0.6 is 0 Å². The van der Waals surface area contributed by atoms with E-state index in [1.54, 1.807) is 17.3 Å². The first-order valence-corrected chi connectivity index (χ1v) is 19.0. The Labute approximate surface area is 321 Å². The molecule has 2 aliphatic heterocycles. The molecule has 0 bridgehead atoms. The van der Waals surface area contributed by atoms with Crippen molar-refractivity contribution in [2.75, 3.05) is 27.3 Å². The Morgan fingerprint density at radius 3 is 1.78 bits per heavy atom. The Kier molecular flexibility index (Phi) is 11.6. The molecule has 4 heterocycles. The lowest BCUT2D eigenvalue weighted by Gasteiger charge is -2.37. The zero-order valence-electron chi connectivity index (χ0n) is 32.6. The van der Waals surface area contributed by atoms with Crippen LogP contribution in [0.4, 0.5) is 9.59 Å². The van der Waals surface area contributed by atoms with Gasteiger partial charge in [0.15, 0.2) is 0 Å². The van der Waals surface area contributed by atoms with Crippen molar-refractivity contribution >= 4 is 24.0 Å². The van der Waals surface area contributed by atoms with Crippen LogP contribution in [0.15, 0.2) is 60.9 Å². The number of hydrogen-bond acceptors (Lipinski definition) is 8. The van der Waals surface area contributed by atoms with Crippen LogP contribution in [0.25, 0.3) is 33.6 Å². The summed E-state index contributed by atoms with van der Waals surface area (Å²) < 4.78 is 9.53. The average molecular weight is 753 g/mol. The van der Waals surface area contributed by atoms with E-state index in [-0.39, 0.29) is 29.7 Å². The molecule has 1 unspecified atom stereocenters. The summed E-state index contributed by atoms with van der Waals surface area (Å²) in [4.78, 5) is 71.2. The van der Waals surface area contributed by atoms with Gasteiger partial charge in [-0.15, -0.1) is 0 Å². The second-order valence-corrected chi connectivity index (χ2v) is 15.3. The number of nitrogens with one attached hydrogen (secondary N) is 4. The Morgan fingerprint density at radius 2 is 1.24 bits per heavy atom. The van der Waals surface area contributed by atoms with Crippen molar-refractivity contribution < 1.29 is 28.7 Å². The average Bonchev–Trinajstić information content (AvgIpc) is 4.02. The summed E-state index contributed by atoms with van der Waals surface area (Å²) in [5.74, 6) is 0.910. The molecule has 0 radical (unpaired) electrons. The quantitative estimate of drug-likeness (QED) is 0.136. The van der Waals surface area contributed by atoms with Crippen molar-refractivity contribution in [1.82, 2.24) is 40.4 Å². The van der Waals surface area contributed by atoms with Crippen molar-refractivity contribution in [3.05, 3.63) is 72.6 Å². The minimum Gasteiger partial charge on any atom is -0.453 e. The molecule has 0 saturated carbocycles. The van der Waals surface area contributed by atoms with Crippen molar-refractivity contribution in [1.29, 1.82) is 0 Å². The van der Waals surface area contributed by atoms with Crippen molar-refractivity contribution in [2.45, 2.75) is 84.0 Å². The first kappa shape index (κ1) is 39.0. The summed E-state index contributed by atoms with van der Waals surface area (Å²) >= 11 is 0. The van der Waals surface area contributed by atoms with Crippen LogP contribution in [0.3, 0.4) is 0 Å². The monoisotopic (exact) mass is 752 g/mol. The fraction of sp³-hybridized carbons (Fsp3) is 0.463. The summed E-state index contributed by atoms with van der Waals surface area (Å²) in [7, 11) is 2.58. The van der Waals surface area contributed by atoms with E-state index < -0.39 is 29.8 Å². The number of rotatable bonds is 11. The van der Waals surface area contributed by atoms with Crippen LogP contribution in [0.1, 0.15) is 78.0 Å². The van der Waals surface area contributed by atoms with E-state index in [4.69, 9.17) is 14.5 Å². The SMILES string of the molecule is COC(=O)N[C@H](C(=O)N1CCCC1c1ncc(-c2ccc(-c3ccc(-c4cnc([C@]5(C)CCCN5C(=O)[C@@H](NC(=O)OC)C(C)C)[nH]4)cc3)cc2)[nH]1)C(C)C. The van der Waals surface area contributed by atoms with Gasteiger partial charge in [-0.3, -0.25) is 9.59 Å². The lowest BCUT2D eigenvalue weighted by Crippen LogP contribution is -2.55. The highest BCUT2D eigenvalue weighted by Gasteiger charge is 2.46. The molecule has 55 heavy (non-hydrogen) atoms. The van der Waals surface area contributed by atoms with Gasteiger partial charge in [-0.1, -0.05) is 76.2 Å². The zero-order chi connectivity index (χ0) is 39.4. The van der Waals surface area contributed by atoms with Gasteiger partial charge in [-0.25, -0.2) is 19.6 Å². The molecule has 4 N–H and O–H groups in total. The number of H-pyrrole nitrogens is 2. The Morgan fingerprint density at radius 1 is 0.727 bits per heavy atom. The number of nitrogens with zero attached hydrogens (tertiary/aromatic N) is 4. The third-order valence-electron chi connectivity index (χ3n) is 10.9. The largest absolute Gasteiger partial charge is 0.453 e. The van der Waals surface area contributed by atoms with E-state index >= 15 is 0 Å². The molecule has 2 aromatic heterocycles. The molecule has 4 amide bonds. The molecule has 14 heteroatoms. The fourth-order valence-corrected chi connectivity index (χ4v) is 7.70. The number of carbonyl (C=O) groups is 4. The standard InChI is InChI=1S/C41H52N8O6/c1-24(2)33(46-39(52)54-6)36(50)48-20-8-10-32(48)35-42-22-30(44-35)28-15-11-26(12-16-28)27-13-17-29(18-14-27)31-23-43-38(45-31)41(5)19-9-21-49(41)37(51)34(25(3)4)47-40(53)55-7/h11-18,22-25,32-34H,8-10,19-21H2,1-7H3,(H,42,44)(H,43,45)(H,46,52)(H,47,53)/t32?,33-,34-,41-/m0/s1. The maximum absolute atomic E-state index is 13.7. The molecule has 14 nitrogen and oxygen atoms in total. The highest BCUT2D eigenvalue weighted by molar-refractivity contribution is 5.87. The minimum absolute atomic E-state index is 0.105. The van der Waals surface area contributed by atoms with Crippen molar-refractivity contribution in [3.63, 3.8) is 0 Å². The lowest BCUT2D eigenvalue weighted by atomic mass is 9.95. The summed E-state index contributed by atoms with van der Waals surface area (Å²) in [6.45, 7) is 10.8. The van der Waals surface area contributed by atoms with Gasteiger partial charge in [-0.2, -0.15) is 0 Å². The molecule has 0 aliphatic carbocycles. The van der Waals surface area contributed by atoms with Crippen molar-refractivity contribution in [3.8, 4) is 33.6 Å². The molecule has 4 atom stereocenters. The van der Waals surface area contributed by atoms with E-state index in [1.807, 2.05) is 51.7 Å². The lowest BCUT2D eigenvalue weighted by molar-refractivity contribution is -0.138. The maximum Gasteiger partial charge on any atom is 0.407 e. The third-order valence-corrected chi connectivity index (χ3v) is 10.9. The van der Waals surface area contributed by atoms with Gasteiger partial charge in [0.05, 0.1) is 49.6 Å². The molecule has 2 saturated heterocycles. The normalized spacial score (nSPS) is 19.4. The van der Waals surface area contributed by atoms with Gasteiger partial charge >= 0.3 is 12.2 Å². The van der Waals surface area contributed by atoms with Crippen LogP contribution in [-0.2, 0) is 24.6 Å². The van der Waals surface area contributed by atoms with Crippen LogP contribution < -0.4 is 10.6 Å². The number of likely N-dealkylation sites (tertiary alicyclic amines) is 2. The third kappa shape index (κ3) is 8.08. The number of aromatic amines is 2. The van der Waals surface area contributed by atoms with E-state index in [9.17, 15) is 19.2 Å². The van der Waals surface area contributed by atoms with Crippen LogP contribution in [0.5, 0.6) is 0 Å². The van der Waals surface area contributed by atoms with Crippen LogP contribution in [-0.4, -0.2) is 93.1 Å². The number of benzene rings is 2. The molecule has 2 aliphatic rings. The molecular weight excluding hydrogens is 701 g/mol. The van der Waals surface area contributed by atoms with Gasteiger partial charge in [0.2, 0.25) is 11.8 Å². The van der Waals surface area contributed by atoms with Crippen molar-refractivity contribution in [2.24, 2.45) is 11.8 Å². The highest BCUT2D eigenvalue weighted by atomic mass is 16.5. The number of methoxy groups -OCH3 is 2. The topological polar surface area (TPSA) is 175 Å². The van der Waals surface area contributed by atoms with E-state index in [2.05, 4.69) is 62.0 Å².